The summed E-state index contributed by atoms with van der Waals surface area (Å²) in [6.45, 7) is 5.72. The van der Waals surface area contributed by atoms with Crippen molar-refractivity contribution < 1.29 is 19.5 Å². The summed E-state index contributed by atoms with van der Waals surface area (Å²) >= 11 is 0. The van der Waals surface area contributed by atoms with E-state index in [0.29, 0.717) is 26.1 Å². The molecule has 1 aromatic carbocycles. The van der Waals surface area contributed by atoms with Crippen molar-refractivity contribution >= 4 is 17.8 Å². The van der Waals surface area contributed by atoms with E-state index in [4.69, 9.17) is 0 Å². The summed E-state index contributed by atoms with van der Waals surface area (Å²) in [7, 11) is 0. The first-order valence-electron chi connectivity index (χ1n) is 10.2. The van der Waals surface area contributed by atoms with E-state index in [-0.39, 0.29) is 23.1 Å². The van der Waals surface area contributed by atoms with Gasteiger partial charge in [0.1, 0.15) is 6.04 Å². The minimum atomic E-state index is -0.903. The highest BCUT2D eigenvalue weighted by Crippen LogP contribution is 2.45. The van der Waals surface area contributed by atoms with Crippen molar-refractivity contribution in [2.24, 2.45) is 11.3 Å². The van der Waals surface area contributed by atoms with Crippen molar-refractivity contribution in [1.29, 1.82) is 0 Å². The van der Waals surface area contributed by atoms with Crippen LogP contribution in [-0.4, -0.2) is 58.4 Å². The summed E-state index contributed by atoms with van der Waals surface area (Å²) < 4.78 is 0. The molecule has 1 N–H and O–H groups in total. The third kappa shape index (κ3) is 3.40. The number of likely N-dealkylation sites (tertiary alicyclic amines) is 2. The summed E-state index contributed by atoms with van der Waals surface area (Å²) in [5, 5.41) is 9.63. The minimum Gasteiger partial charge on any atom is -0.480 e. The lowest BCUT2D eigenvalue weighted by molar-refractivity contribution is -0.148. The molecular weight excluding hydrogens is 356 g/mol. The number of aliphatic carboxylic acids is 1. The molecule has 2 amide bonds. The van der Waals surface area contributed by atoms with Gasteiger partial charge in [0.2, 0.25) is 5.91 Å². The molecule has 1 aliphatic carbocycles. The molecule has 1 atom stereocenters. The summed E-state index contributed by atoms with van der Waals surface area (Å²) in [4.78, 5) is 40.8. The number of aryl methyl sites for hydroxylation is 2. The van der Waals surface area contributed by atoms with Gasteiger partial charge in [-0.25, -0.2) is 4.79 Å². The summed E-state index contributed by atoms with van der Waals surface area (Å²) in [5.74, 6) is -0.813. The highest BCUT2D eigenvalue weighted by atomic mass is 16.4. The SMILES string of the molecule is Cc1ccc(C(=O)N2CCC3(CC2)CC(C(=O)O)N(C(=O)C2CC2)C3)c(C)c1. The molecule has 0 radical (unpaired) electrons. The van der Waals surface area contributed by atoms with Crippen LogP contribution in [-0.2, 0) is 9.59 Å². The van der Waals surface area contributed by atoms with Crippen molar-refractivity contribution in [3.05, 3.63) is 34.9 Å². The maximum Gasteiger partial charge on any atom is 0.326 e. The second-order valence-corrected chi connectivity index (χ2v) is 8.91. The fourth-order valence-corrected chi connectivity index (χ4v) is 4.84. The van der Waals surface area contributed by atoms with Gasteiger partial charge in [-0.2, -0.15) is 0 Å². The topological polar surface area (TPSA) is 77.9 Å². The molecule has 1 aromatic rings. The predicted molar refractivity (Wildman–Crippen MR) is 104 cm³/mol. The summed E-state index contributed by atoms with van der Waals surface area (Å²) in [6.07, 6.45) is 3.77. The van der Waals surface area contributed by atoms with Gasteiger partial charge in [-0.3, -0.25) is 9.59 Å². The fraction of sp³-hybridized carbons (Fsp3) is 0.591. The smallest absolute Gasteiger partial charge is 0.326 e. The number of carboxylic acids is 1. The van der Waals surface area contributed by atoms with Gasteiger partial charge in [0.05, 0.1) is 0 Å². The number of amides is 2. The van der Waals surface area contributed by atoms with Gasteiger partial charge in [-0.1, -0.05) is 17.7 Å². The first kappa shape index (κ1) is 19.0. The maximum absolute atomic E-state index is 12.9. The molecular formula is C22H28N2O4. The van der Waals surface area contributed by atoms with E-state index in [9.17, 15) is 19.5 Å². The maximum atomic E-state index is 12.9. The lowest BCUT2D eigenvalue weighted by Gasteiger charge is -2.39. The van der Waals surface area contributed by atoms with E-state index < -0.39 is 12.0 Å². The molecule has 3 aliphatic rings. The number of rotatable bonds is 3. The monoisotopic (exact) mass is 384 g/mol. The first-order chi connectivity index (χ1) is 13.3. The van der Waals surface area contributed by atoms with E-state index in [0.717, 1.165) is 42.4 Å². The van der Waals surface area contributed by atoms with Crippen molar-refractivity contribution in [3.8, 4) is 0 Å². The number of hydrogen-bond acceptors (Lipinski definition) is 3. The molecule has 2 heterocycles. The quantitative estimate of drug-likeness (QED) is 0.869. The standard InChI is InChI=1S/C22H28N2O4/c1-14-3-6-17(15(2)11-14)20(26)23-9-7-22(8-10-23)12-18(21(27)28)24(13-22)19(25)16-4-5-16/h3,6,11,16,18H,4-5,7-10,12-13H2,1-2H3,(H,27,28). The van der Waals surface area contributed by atoms with Gasteiger partial charge in [-0.15, -0.1) is 0 Å². The van der Waals surface area contributed by atoms with Gasteiger partial charge in [-0.05, 0) is 63.0 Å². The van der Waals surface area contributed by atoms with E-state index in [2.05, 4.69) is 0 Å². The molecule has 0 aromatic heterocycles. The van der Waals surface area contributed by atoms with E-state index in [1.165, 1.54) is 0 Å². The Hall–Kier alpha value is -2.37. The van der Waals surface area contributed by atoms with Crippen LogP contribution < -0.4 is 0 Å². The summed E-state index contributed by atoms with van der Waals surface area (Å²) in [6, 6.07) is 5.16. The zero-order valence-corrected chi connectivity index (χ0v) is 16.6. The minimum absolute atomic E-state index is 0.0121. The lowest BCUT2D eigenvalue weighted by atomic mass is 9.76. The van der Waals surface area contributed by atoms with Crippen LogP contribution in [0.15, 0.2) is 18.2 Å². The van der Waals surface area contributed by atoms with E-state index in [1.54, 1.807) is 4.90 Å². The van der Waals surface area contributed by atoms with Crippen LogP contribution >= 0.6 is 0 Å². The van der Waals surface area contributed by atoms with Gasteiger partial charge in [0.25, 0.3) is 5.91 Å². The summed E-state index contributed by atoms with van der Waals surface area (Å²) in [5.41, 5.74) is 2.69. The number of nitrogens with zero attached hydrogens (tertiary/aromatic N) is 2. The Labute approximate surface area is 165 Å². The third-order valence-corrected chi connectivity index (χ3v) is 6.73. The third-order valence-electron chi connectivity index (χ3n) is 6.73. The zero-order chi connectivity index (χ0) is 20.1. The lowest BCUT2D eigenvalue weighted by Crippen LogP contribution is -2.45. The van der Waals surface area contributed by atoms with Gasteiger partial charge in [0, 0.05) is 31.1 Å². The van der Waals surface area contributed by atoms with Crippen molar-refractivity contribution in [2.45, 2.75) is 52.0 Å². The van der Waals surface area contributed by atoms with Crippen LogP contribution in [0.3, 0.4) is 0 Å². The largest absolute Gasteiger partial charge is 0.480 e. The molecule has 1 saturated carbocycles. The van der Waals surface area contributed by atoms with E-state index in [1.807, 2.05) is 36.9 Å². The molecule has 2 aliphatic heterocycles. The Morgan fingerprint density at radius 3 is 2.36 bits per heavy atom. The van der Waals surface area contributed by atoms with Crippen LogP contribution in [0, 0.1) is 25.2 Å². The fourth-order valence-electron chi connectivity index (χ4n) is 4.84. The van der Waals surface area contributed by atoms with Gasteiger partial charge < -0.3 is 14.9 Å². The first-order valence-corrected chi connectivity index (χ1v) is 10.2. The highest BCUT2D eigenvalue weighted by Gasteiger charge is 2.52. The molecule has 0 bridgehead atoms. The number of piperidine rings is 1. The van der Waals surface area contributed by atoms with Gasteiger partial charge in [0.15, 0.2) is 0 Å². The molecule has 150 valence electrons. The molecule has 6 heteroatoms. The Balaban J connectivity index is 1.45. The number of benzene rings is 1. The average Bonchev–Trinajstić information content (AvgIpc) is 3.44. The van der Waals surface area contributed by atoms with Crippen LogP contribution in [0.1, 0.15) is 53.6 Å². The van der Waals surface area contributed by atoms with Gasteiger partial charge >= 0.3 is 5.97 Å². The average molecular weight is 384 g/mol. The predicted octanol–water partition coefficient (Wildman–Crippen LogP) is 2.62. The van der Waals surface area contributed by atoms with Crippen LogP contribution in [0.5, 0.6) is 0 Å². The van der Waals surface area contributed by atoms with Crippen molar-refractivity contribution in [2.75, 3.05) is 19.6 Å². The Morgan fingerprint density at radius 1 is 1.11 bits per heavy atom. The number of hydrogen-bond donors (Lipinski definition) is 1. The second kappa shape index (κ2) is 6.90. The number of carboxylic acid groups (broad SMARTS) is 1. The normalized spacial score (nSPS) is 23.9. The van der Waals surface area contributed by atoms with Crippen LogP contribution in [0.25, 0.3) is 0 Å². The van der Waals surface area contributed by atoms with Crippen LogP contribution in [0.2, 0.25) is 0 Å². The molecule has 4 rings (SSSR count). The Bertz CT molecular complexity index is 822. The number of carbonyl (C=O) groups excluding carboxylic acids is 2. The molecule has 6 nitrogen and oxygen atoms in total. The molecule has 1 spiro atoms. The molecule has 3 fully saturated rings. The van der Waals surface area contributed by atoms with Crippen molar-refractivity contribution in [3.63, 3.8) is 0 Å². The second-order valence-electron chi connectivity index (χ2n) is 8.91. The number of carbonyl (C=O) groups is 3. The molecule has 1 unspecified atom stereocenters. The highest BCUT2D eigenvalue weighted by molar-refractivity contribution is 5.95. The molecule has 2 saturated heterocycles. The molecule has 28 heavy (non-hydrogen) atoms. The Morgan fingerprint density at radius 2 is 1.79 bits per heavy atom. The Kier molecular flexibility index (Phi) is 4.68. The van der Waals surface area contributed by atoms with Crippen LogP contribution in [0.4, 0.5) is 0 Å². The van der Waals surface area contributed by atoms with Crippen molar-refractivity contribution in [1.82, 2.24) is 9.80 Å². The zero-order valence-electron chi connectivity index (χ0n) is 16.6. The van der Waals surface area contributed by atoms with E-state index >= 15 is 0 Å².